The molecule has 1 aliphatic heterocycles. The average Bonchev–Trinajstić information content (AvgIpc) is 2.81. The van der Waals surface area contributed by atoms with Gasteiger partial charge in [-0.1, -0.05) is 0 Å². The molecule has 1 fully saturated rings. The number of primary amides is 1. The van der Waals surface area contributed by atoms with Crippen LogP contribution in [0.25, 0.3) is 0 Å². The lowest BCUT2D eigenvalue weighted by Crippen LogP contribution is -2.31. The number of amides is 1. The quantitative estimate of drug-likeness (QED) is 0.805. The zero-order chi connectivity index (χ0) is 13.1. The molecule has 4 N–H and O–H groups in total. The minimum atomic E-state index is -0.524. The molecule has 6 nitrogen and oxygen atoms in total. The van der Waals surface area contributed by atoms with Crippen LogP contribution in [0.1, 0.15) is 23.2 Å². The molecule has 18 heavy (non-hydrogen) atoms. The van der Waals surface area contributed by atoms with Crippen LogP contribution in [0.2, 0.25) is 0 Å². The van der Waals surface area contributed by atoms with Crippen LogP contribution < -0.4 is 16.4 Å². The van der Waals surface area contributed by atoms with Gasteiger partial charge in [-0.15, -0.1) is 0 Å². The first-order valence-electron chi connectivity index (χ1n) is 5.96. The largest absolute Gasteiger partial charge is 0.397 e. The summed E-state index contributed by atoms with van der Waals surface area (Å²) >= 11 is 0. The van der Waals surface area contributed by atoms with Gasteiger partial charge in [0.1, 0.15) is 5.82 Å². The standard InChI is InChI=1S/C12H18N4O2/c1-16(7-9-3-2-4-18-9)12-10(11(14)17)5-8(13)6-15-12/h5-6,9H,2-4,7,13H2,1H3,(H2,14,17). The minimum absolute atomic E-state index is 0.190. The monoisotopic (exact) mass is 250 g/mol. The van der Waals surface area contributed by atoms with Gasteiger partial charge >= 0.3 is 0 Å². The number of aromatic nitrogens is 1. The number of carbonyl (C=O) groups excluding carboxylic acids is 1. The first-order valence-corrected chi connectivity index (χ1v) is 5.96. The molecule has 1 saturated heterocycles. The Morgan fingerprint density at radius 3 is 3.06 bits per heavy atom. The van der Waals surface area contributed by atoms with Crippen molar-refractivity contribution < 1.29 is 9.53 Å². The molecule has 1 unspecified atom stereocenters. The highest BCUT2D eigenvalue weighted by Crippen LogP contribution is 2.21. The Bertz CT molecular complexity index is 444. The molecular formula is C12H18N4O2. The summed E-state index contributed by atoms with van der Waals surface area (Å²) in [6, 6.07) is 1.55. The fourth-order valence-corrected chi connectivity index (χ4v) is 2.14. The number of pyridine rings is 1. The van der Waals surface area contributed by atoms with Crippen LogP contribution in [0.3, 0.4) is 0 Å². The van der Waals surface area contributed by atoms with Crippen molar-refractivity contribution in [1.82, 2.24) is 4.98 Å². The molecule has 6 heteroatoms. The molecule has 0 spiro atoms. The van der Waals surface area contributed by atoms with Crippen LogP contribution in [-0.4, -0.2) is 37.2 Å². The molecule has 1 aliphatic rings. The Kier molecular flexibility index (Phi) is 3.66. The number of nitrogens with two attached hydrogens (primary N) is 2. The molecule has 0 aromatic carbocycles. The van der Waals surface area contributed by atoms with Gasteiger partial charge in [0, 0.05) is 20.2 Å². The summed E-state index contributed by atoms with van der Waals surface area (Å²) in [5, 5.41) is 0. The average molecular weight is 250 g/mol. The lowest BCUT2D eigenvalue weighted by Gasteiger charge is -2.23. The highest BCUT2D eigenvalue weighted by molar-refractivity contribution is 5.98. The van der Waals surface area contributed by atoms with Gasteiger partial charge in [0.2, 0.25) is 0 Å². The molecule has 0 radical (unpaired) electrons. The van der Waals surface area contributed by atoms with E-state index in [4.69, 9.17) is 16.2 Å². The van der Waals surface area contributed by atoms with Crippen molar-refractivity contribution in [2.24, 2.45) is 5.73 Å². The molecule has 2 rings (SSSR count). The topological polar surface area (TPSA) is 94.5 Å². The van der Waals surface area contributed by atoms with E-state index in [0.717, 1.165) is 19.4 Å². The van der Waals surface area contributed by atoms with Crippen LogP contribution >= 0.6 is 0 Å². The summed E-state index contributed by atoms with van der Waals surface area (Å²) in [6.45, 7) is 1.49. The van der Waals surface area contributed by atoms with E-state index in [2.05, 4.69) is 4.98 Å². The number of rotatable bonds is 4. The predicted molar refractivity (Wildman–Crippen MR) is 69.4 cm³/mol. The minimum Gasteiger partial charge on any atom is -0.397 e. The van der Waals surface area contributed by atoms with E-state index in [0.29, 0.717) is 23.6 Å². The summed E-state index contributed by atoms with van der Waals surface area (Å²) in [5.41, 5.74) is 11.7. The third kappa shape index (κ3) is 2.70. The Morgan fingerprint density at radius 1 is 1.67 bits per heavy atom. The van der Waals surface area contributed by atoms with Crippen LogP contribution in [-0.2, 0) is 4.74 Å². The van der Waals surface area contributed by atoms with Gasteiger partial charge in [0.05, 0.1) is 23.6 Å². The van der Waals surface area contributed by atoms with Crippen molar-refractivity contribution in [2.75, 3.05) is 30.8 Å². The Hall–Kier alpha value is -1.82. The van der Waals surface area contributed by atoms with E-state index in [1.165, 1.54) is 6.20 Å². The van der Waals surface area contributed by atoms with Crippen LogP contribution in [0.15, 0.2) is 12.3 Å². The lowest BCUT2D eigenvalue weighted by molar-refractivity contribution is 0.0999. The first kappa shape index (κ1) is 12.6. The van der Waals surface area contributed by atoms with E-state index >= 15 is 0 Å². The Morgan fingerprint density at radius 2 is 2.44 bits per heavy atom. The maximum absolute atomic E-state index is 11.4. The zero-order valence-electron chi connectivity index (χ0n) is 10.4. The second kappa shape index (κ2) is 5.22. The molecule has 0 bridgehead atoms. The summed E-state index contributed by atoms with van der Waals surface area (Å²) in [4.78, 5) is 17.5. The van der Waals surface area contributed by atoms with E-state index in [9.17, 15) is 4.79 Å². The van der Waals surface area contributed by atoms with Gasteiger partial charge in [-0.05, 0) is 18.9 Å². The van der Waals surface area contributed by atoms with Crippen molar-refractivity contribution >= 4 is 17.4 Å². The molecule has 98 valence electrons. The molecular weight excluding hydrogens is 232 g/mol. The van der Waals surface area contributed by atoms with E-state index in [1.54, 1.807) is 6.07 Å². The summed E-state index contributed by atoms with van der Waals surface area (Å²) in [7, 11) is 1.87. The van der Waals surface area contributed by atoms with E-state index in [1.807, 2.05) is 11.9 Å². The number of likely N-dealkylation sites (N-methyl/N-ethyl adjacent to an activating group) is 1. The van der Waals surface area contributed by atoms with Crippen LogP contribution in [0.5, 0.6) is 0 Å². The smallest absolute Gasteiger partial charge is 0.252 e. The molecule has 1 aromatic heterocycles. The van der Waals surface area contributed by atoms with Crippen molar-refractivity contribution in [3.63, 3.8) is 0 Å². The second-order valence-corrected chi connectivity index (χ2v) is 4.52. The molecule has 2 heterocycles. The van der Waals surface area contributed by atoms with E-state index in [-0.39, 0.29) is 6.10 Å². The van der Waals surface area contributed by atoms with Gasteiger partial charge < -0.3 is 21.1 Å². The lowest BCUT2D eigenvalue weighted by atomic mass is 10.2. The number of anilines is 2. The number of hydrogen-bond acceptors (Lipinski definition) is 5. The van der Waals surface area contributed by atoms with Crippen molar-refractivity contribution in [2.45, 2.75) is 18.9 Å². The summed E-state index contributed by atoms with van der Waals surface area (Å²) < 4.78 is 5.56. The number of ether oxygens (including phenoxy) is 1. The zero-order valence-corrected chi connectivity index (χ0v) is 10.4. The molecule has 0 saturated carbocycles. The Balaban J connectivity index is 2.17. The van der Waals surface area contributed by atoms with Crippen LogP contribution in [0.4, 0.5) is 11.5 Å². The number of carbonyl (C=O) groups is 1. The maximum atomic E-state index is 11.4. The van der Waals surface area contributed by atoms with E-state index < -0.39 is 5.91 Å². The summed E-state index contributed by atoms with van der Waals surface area (Å²) in [6.07, 6.45) is 3.82. The molecule has 0 aliphatic carbocycles. The third-order valence-corrected chi connectivity index (χ3v) is 3.02. The van der Waals surface area contributed by atoms with Gasteiger partial charge in [-0.2, -0.15) is 0 Å². The second-order valence-electron chi connectivity index (χ2n) is 4.52. The number of nitrogen functional groups attached to an aromatic ring is 1. The number of nitrogens with zero attached hydrogens (tertiary/aromatic N) is 2. The van der Waals surface area contributed by atoms with Crippen molar-refractivity contribution in [3.05, 3.63) is 17.8 Å². The normalized spacial score (nSPS) is 18.8. The molecule has 1 aromatic rings. The summed E-state index contributed by atoms with van der Waals surface area (Å²) in [5.74, 6) is 0.0243. The fourth-order valence-electron chi connectivity index (χ4n) is 2.14. The highest BCUT2D eigenvalue weighted by Gasteiger charge is 2.20. The SMILES string of the molecule is CN(CC1CCCO1)c1ncc(N)cc1C(N)=O. The van der Waals surface area contributed by atoms with Gasteiger partial charge in [-0.3, -0.25) is 4.79 Å². The predicted octanol–water partition coefficient (Wildman–Crippen LogP) is 0.378. The first-order chi connectivity index (χ1) is 8.58. The maximum Gasteiger partial charge on any atom is 0.252 e. The molecule has 1 atom stereocenters. The van der Waals surface area contributed by atoms with Crippen molar-refractivity contribution in [1.29, 1.82) is 0 Å². The van der Waals surface area contributed by atoms with Gasteiger partial charge in [0.25, 0.3) is 5.91 Å². The third-order valence-electron chi connectivity index (χ3n) is 3.02. The molecule has 1 amide bonds. The van der Waals surface area contributed by atoms with Crippen molar-refractivity contribution in [3.8, 4) is 0 Å². The van der Waals surface area contributed by atoms with Crippen LogP contribution in [0, 0.1) is 0 Å². The van der Waals surface area contributed by atoms with Gasteiger partial charge in [0.15, 0.2) is 0 Å². The Labute approximate surface area is 106 Å². The fraction of sp³-hybridized carbons (Fsp3) is 0.500. The number of hydrogen-bond donors (Lipinski definition) is 2. The van der Waals surface area contributed by atoms with Gasteiger partial charge in [-0.25, -0.2) is 4.98 Å². The highest BCUT2D eigenvalue weighted by atomic mass is 16.5.